The number of carbonyl (C=O) groups is 1. The van der Waals surface area contributed by atoms with E-state index in [1.807, 2.05) is 32.0 Å². The standard InChI is InChI=1S/C18H17FN4OS2/c1-11-7-8-12(2)15(9-11)20-16(24)10-25-18-23-22-17(26-18)21-14-6-4-3-5-13(14)19/h3-9H,10H2,1-2H3,(H,20,24)(H,21,22). The van der Waals surface area contributed by atoms with Crippen molar-refractivity contribution < 1.29 is 9.18 Å². The maximum Gasteiger partial charge on any atom is 0.234 e. The highest BCUT2D eigenvalue weighted by molar-refractivity contribution is 8.01. The zero-order chi connectivity index (χ0) is 18.5. The van der Waals surface area contributed by atoms with Gasteiger partial charge < -0.3 is 10.6 Å². The molecule has 1 heterocycles. The van der Waals surface area contributed by atoms with Gasteiger partial charge in [-0.15, -0.1) is 10.2 Å². The molecule has 3 aromatic rings. The Bertz CT molecular complexity index is 929. The maximum atomic E-state index is 13.6. The van der Waals surface area contributed by atoms with Crippen LogP contribution in [0.3, 0.4) is 0 Å². The third-order valence-electron chi connectivity index (χ3n) is 3.52. The second-order valence-corrected chi connectivity index (χ2v) is 7.83. The van der Waals surface area contributed by atoms with Crippen molar-refractivity contribution in [1.82, 2.24) is 10.2 Å². The van der Waals surface area contributed by atoms with Crippen LogP contribution in [-0.2, 0) is 4.79 Å². The average Bonchev–Trinajstić information content (AvgIpc) is 3.06. The lowest BCUT2D eigenvalue weighted by atomic mass is 10.1. The highest BCUT2D eigenvalue weighted by atomic mass is 32.2. The van der Waals surface area contributed by atoms with Crippen LogP contribution in [0.5, 0.6) is 0 Å². The number of hydrogen-bond acceptors (Lipinski definition) is 6. The first-order valence-corrected chi connectivity index (χ1v) is 9.66. The number of rotatable bonds is 6. The first kappa shape index (κ1) is 18.3. The topological polar surface area (TPSA) is 66.9 Å². The van der Waals surface area contributed by atoms with Crippen molar-refractivity contribution in [2.75, 3.05) is 16.4 Å². The summed E-state index contributed by atoms with van der Waals surface area (Å²) in [6.07, 6.45) is 0. The third-order valence-corrected chi connectivity index (χ3v) is 5.49. The van der Waals surface area contributed by atoms with Gasteiger partial charge in [-0.1, -0.05) is 47.4 Å². The van der Waals surface area contributed by atoms with Crippen LogP contribution >= 0.6 is 23.1 Å². The predicted octanol–water partition coefficient (Wildman–Crippen LogP) is 4.77. The molecule has 0 aliphatic heterocycles. The van der Waals surface area contributed by atoms with E-state index in [4.69, 9.17) is 0 Å². The van der Waals surface area contributed by atoms with E-state index >= 15 is 0 Å². The van der Waals surface area contributed by atoms with E-state index in [1.165, 1.54) is 29.2 Å². The van der Waals surface area contributed by atoms with Crippen molar-refractivity contribution in [3.63, 3.8) is 0 Å². The molecule has 134 valence electrons. The second kappa shape index (κ2) is 8.29. The monoisotopic (exact) mass is 388 g/mol. The lowest BCUT2D eigenvalue weighted by Gasteiger charge is -2.08. The van der Waals surface area contributed by atoms with Gasteiger partial charge in [0.25, 0.3) is 0 Å². The van der Waals surface area contributed by atoms with Crippen LogP contribution in [0.25, 0.3) is 0 Å². The highest BCUT2D eigenvalue weighted by Crippen LogP contribution is 2.28. The van der Waals surface area contributed by atoms with Crippen molar-refractivity contribution >= 4 is 45.5 Å². The SMILES string of the molecule is Cc1ccc(C)c(NC(=O)CSc2nnc(Nc3ccccc3F)s2)c1. The highest BCUT2D eigenvalue weighted by Gasteiger charge is 2.11. The molecule has 0 aliphatic carbocycles. The molecule has 5 nitrogen and oxygen atoms in total. The van der Waals surface area contributed by atoms with Crippen molar-refractivity contribution in [2.45, 2.75) is 18.2 Å². The smallest absolute Gasteiger partial charge is 0.234 e. The zero-order valence-electron chi connectivity index (χ0n) is 14.2. The summed E-state index contributed by atoms with van der Waals surface area (Å²) in [4.78, 5) is 12.2. The number of anilines is 3. The summed E-state index contributed by atoms with van der Waals surface area (Å²) >= 11 is 2.57. The van der Waals surface area contributed by atoms with Crippen LogP contribution in [0.4, 0.5) is 20.9 Å². The molecule has 8 heteroatoms. The number of thioether (sulfide) groups is 1. The number of amides is 1. The Balaban J connectivity index is 1.55. The van der Waals surface area contributed by atoms with Crippen LogP contribution in [0, 0.1) is 19.7 Å². The van der Waals surface area contributed by atoms with Gasteiger partial charge in [0.1, 0.15) is 5.82 Å². The van der Waals surface area contributed by atoms with Crippen LogP contribution in [0.15, 0.2) is 46.8 Å². The van der Waals surface area contributed by atoms with Crippen LogP contribution in [0.1, 0.15) is 11.1 Å². The normalized spacial score (nSPS) is 10.6. The number of halogens is 1. The molecular weight excluding hydrogens is 371 g/mol. The Labute approximate surface area is 159 Å². The second-order valence-electron chi connectivity index (χ2n) is 5.63. The van der Waals surface area contributed by atoms with Gasteiger partial charge in [0.15, 0.2) is 4.34 Å². The number of carbonyl (C=O) groups excluding carboxylic acids is 1. The summed E-state index contributed by atoms with van der Waals surface area (Å²) in [5.41, 5.74) is 3.26. The van der Waals surface area contributed by atoms with E-state index < -0.39 is 0 Å². The van der Waals surface area contributed by atoms with Crippen LogP contribution in [0.2, 0.25) is 0 Å². The van der Waals surface area contributed by atoms with E-state index in [1.54, 1.807) is 18.2 Å². The molecule has 0 aliphatic rings. The molecule has 2 aromatic carbocycles. The lowest BCUT2D eigenvalue weighted by molar-refractivity contribution is -0.113. The van der Waals surface area contributed by atoms with Crippen LogP contribution < -0.4 is 10.6 Å². The zero-order valence-corrected chi connectivity index (χ0v) is 15.9. The molecule has 0 saturated carbocycles. The molecule has 0 bridgehead atoms. The molecular formula is C18H17FN4OS2. The number of hydrogen-bond donors (Lipinski definition) is 2. The van der Waals surface area contributed by atoms with Crippen molar-refractivity contribution in [1.29, 1.82) is 0 Å². The minimum Gasteiger partial charge on any atom is -0.328 e. The minimum absolute atomic E-state index is 0.109. The minimum atomic E-state index is -0.357. The van der Waals surface area contributed by atoms with E-state index in [0.717, 1.165) is 16.8 Å². The van der Waals surface area contributed by atoms with E-state index in [0.29, 0.717) is 15.2 Å². The molecule has 1 amide bonds. The molecule has 2 N–H and O–H groups in total. The van der Waals surface area contributed by atoms with E-state index in [-0.39, 0.29) is 17.5 Å². The Morgan fingerprint density at radius 3 is 2.77 bits per heavy atom. The molecule has 1 aromatic heterocycles. The van der Waals surface area contributed by atoms with Gasteiger partial charge in [0, 0.05) is 5.69 Å². The summed E-state index contributed by atoms with van der Waals surface area (Å²) in [7, 11) is 0. The van der Waals surface area contributed by atoms with Crippen molar-refractivity contribution in [3.05, 3.63) is 59.4 Å². The number of nitrogens with one attached hydrogen (secondary N) is 2. The fourth-order valence-corrected chi connectivity index (χ4v) is 3.74. The summed E-state index contributed by atoms with van der Waals surface area (Å²) in [6, 6.07) is 12.3. The van der Waals surface area contributed by atoms with Gasteiger partial charge in [-0.3, -0.25) is 4.79 Å². The fourth-order valence-electron chi connectivity index (χ4n) is 2.18. The van der Waals surface area contributed by atoms with Crippen molar-refractivity contribution in [3.8, 4) is 0 Å². The Morgan fingerprint density at radius 1 is 1.15 bits per heavy atom. The number of para-hydroxylation sites is 1. The molecule has 26 heavy (non-hydrogen) atoms. The molecule has 0 fully saturated rings. The Hall–Kier alpha value is -2.45. The summed E-state index contributed by atoms with van der Waals surface area (Å²) < 4.78 is 14.3. The number of aromatic nitrogens is 2. The van der Waals surface area contributed by atoms with Crippen molar-refractivity contribution in [2.24, 2.45) is 0 Å². The Morgan fingerprint density at radius 2 is 1.96 bits per heavy atom. The molecule has 0 radical (unpaired) electrons. The lowest BCUT2D eigenvalue weighted by Crippen LogP contribution is -2.14. The van der Waals surface area contributed by atoms with Crippen LogP contribution in [-0.4, -0.2) is 21.9 Å². The maximum absolute atomic E-state index is 13.6. The van der Waals surface area contributed by atoms with Gasteiger partial charge in [-0.2, -0.15) is 0 Å². The van der Waals surface area contributed by atoms with E-state index in [2.05, 4.69) is 20.8 Å². The molecule has 0 spiro atoms. The molecule has 0 saturated heterocycles. The van der Waals surface area contributed by atoms with E-state index in [9.17, 15) is 9.18 Å². The molecule has 0 atom stereocenters. The third kappa shape index (κ3) is 4.80. The van der Waals surface area contributed by atoms with Gasteiger partial charge in [0.2, 0.25) is 11.0 Å². The fraction of sp³-hybridized carbons (Fsp3) is 0.167. The first-order chi connectivity index (χ1) is 12.5. The Kier molecular flexibility index (Phi) is 5.85. The molecule has 0 unspecified atom stereocenters. The van der Waals surface area contributed by atoms with Gasteiger partial charge >= 0.3 is 0 Å². The quantitative estimate of drug-likeness (QED) is 0.596. The number of aryl methyl sites for hydroxylation is 2. The summed E-state index contributed by atoms with van der Waals surface area (Å²) in [5, 5.41) is 14.3. The molecule has 3 rings (SSSR count). The number of nitrogens with zero attached hydrogens (tertiary/aromatic N) is 2. The first-order valence-electron chi connectivity index (χ1n) is 7.86. The predicted molar refractivity (Wildman–Crippen MR) is 105 cm³/mol. The largest absolute Gasteiger partial charge is 0.328 e. The summed E-state index contributed by atoms with van der Waals surface area (Å²) in [6.45, 7) is 3.93. The van der Waals surface area contributed by atoms with Gasteiger partial charge in [-0.05, 0) is 43.2 Å². The average molecular weight is 388 g/mol. The van der Waals surface area contributed by atoms with Gasteiger partial charge in [-0.25, -0.2) is 4.39 Å². The summed E-state index contributed by atoms with van der Waals surface area (Å²) in [5.74, 6) is -0.242. The number of benzene rings is 2. The van der Waals surface area contributed by atoms with Gasteiger partial charge in [0.05, 0.1) is 11.4 Å².